The van der Waals surface area contributed by atoms with E-state index in [4.69, 9.17) is 0 Å². The Balaban J connectivity index is 1.67. The number of fused-ring (bicyclic) bond motifs is 1. The number of hydrogen-bond donors (Lipinski definition) is 2. The lowest BCUT2D eigenvalue weighted by molar-refractivity contribution is 0.658. The van der Waals surface area contributed by atoms with E-state index in [9.17, 15) is 0 Å². The molecule has 0 atom stereocenters. The van der Waals surface area contributed by atoms with Gasteiger partial charge < -0.3 is 5.32 Å². The molecule has 18 heavy (non-hydrogen) atoms. The van der Waals surface area contributed by atoms with Crippen molar-refractivity contribution in [2.24, 2.45) is 0 Å². The molecule has 0 saturated heterocycles. The van der Waals surface area contributed by atoms with Crippen LogP contribution < -0.4 is 5.32 Å². The molecule has 0 spiro atoms. The zero-order valence-electron chi connectivity index (χ0n) is 9.83. The molecule has 0 bridgehead atoms. The maximum Gasteiger partial charge on any atom is 0.188 e. The summed E-state index contributed by atoms with van der Waals surface area (Å²) < 4.78 is 1.78. The van der Waals surface area contributed by atoms with Gasteiger partial charge in [0.15, 0.2) is 11.5 Å². The maximum atomic E-state index is 4.33. The largest absolute Gasteiger partial charge is 0.305 e. The Morgan fingerprint density at radius 1 is 1.39 bits per heavy atom. The summed E-state index contributed by atoms with van der Waals surface area (Å²) in [5, 5.41) is 21.1. The van der Waals surface area contributed by atoms with Crippen molar-refractivity contribution in [3.63, 3.8) is 0 Å². The van der Waals surface area contributed by atoms with Crippen LogP contribution in [-0.2, 0) is 13.1 Å². The average molecular weight is 244 g/mol. The number of rotatable bonds is 4. The molecule has 2 N–H and O–H groups in total. The molecule has 8 nitrogen and oxygen atoms in total. The van der Waals surface area contributed by atoms with Crippen molar-refractivity contribution in [2.45, 2.75) is 20.0 Å². The van der Waals surface area contributed by atoms with Crippen LogP contribution in [-0.4, -0.2) is 35.2 Å². The third kappa shape index (κ3) is 2.18. The first kappa shape index (κ1) is 10.8. The quantitative estimate of drug-likeness (QED) is 0.662. The fourth-order valence-corrected chi connectivity index (χ4v) is 1.70. The second-order valence-electron chi connectivity index (χ2n) is 3.98. The van der Waals surface area contributed by atoms with Crippen LogP contribution in [0.25, 0.3) is 5.65 Å². The minimum Gasteiger partial charge on any atom is -0.305 e. The molecule has 0 radical (unpaired) electrons. The Kier molecular flexibility index (Phi) is 2.69. The van der Waals surface area contributed by atoms with Crippen LogP contribution in [0.5, 0.6) is 0 Å². The molecule has 3 aromatic heterocycles. The second-order valence-corrected chi connectivity index (χ2v) is 3.98. The highest BCUT2D eigenvalue weighted by molar-refractivity contribution is 5.38. The Bertz CT molecular complexity index is 641. The molecule has 3 aromatic rings. The number of hydrogen-bond acceptors (Lipinski definition) is 6. The second kappa shape index (κ2) is 4.49. The first-order chi connectivity index (χ1) is 8.81. The minimum absolute atomic E-state index is 0.562. The van der Waals surface area contributed by atoms with Crippen LogP contribution >= 0.6 is 0 Å². The summed E-state index contributed by atoms with van der Waals surface area (Å²) in [7, 11) is 0. The van der Waals surface area contributed by atoms with Crippen molar-refractivity contribution >= 4 is 5.65 Å². The zero-order valence-corrected chi connectivity index (χ0v) is 9.83. The van der Waals surface area contributed by atoms with E-state index in [2.05, 4.69) is 36.0 Å². The van der Waals surface area contributed by atoms with E-state index in [0.717, 1.165) is 16.9 Å². The zero-order chi connectivity index (χ0) is 12.4. The number of aryl methyl sites for hydroxylation is 1. The molecule has 0 aliphatic carbocycles. The number of aromatic amines is 1. The fraction of sp³-hybridized carbons (Fsp3) is 0.300. The number of nitrogens with zero attached hydrogens (tertiary/aromatic N) is 6. The Labute approximate surface area is 102 Å². The molecule has 8 heteroatoms. The minimum atomic E-state index is 0.562. The molecule has 3 rings (SSSR count). The Morgan fingerprint density at radius 2 is 2.33 bits per heavy atom. The van der Waals surface area contributed by atoms with Gasteiger partial charge in [-0.3, -0.25) is 0 Å². The third-order valence-corrected chi connectivity index (χ3v) is 2.49. The number of tetrazole rings is 1. The van der Waals surface area contributed by atoms with Gasteiger partial charge >= 0.3 is 0 Å². The third-order valence-electron chi connectivity index (χ3n) is 2.49. The SMILES string of the molecule is Cc1cc2ncc(CNCc3nn[nH]n3)cn2n1. The van der Waals surface area contributed by atoms with Crippen LogP contribution in [0.15, 0.2) is 18.5 Å². The van der Waals surface area contributed by atoms with E-state index in [1.807, 2.05) is 25.4 Å². The molecule has 3 heterocycles. The highest BCUT2D eigenvalue weighted by Crippen LogP contribution is 2.04. The molecule has 0 unspecified atom stereocenters. The van der Waals surface area contributed by atoms with Crippen molar-refractivity contribution in [2.75, 3.05) is 0 Å². The highest BCUT2D eigenvalue weighted by Gasteiger charge is 2.01. The smallest absolute Gasteiger partial charge is 0.188 e. The van der Waals surface area contributed by atoms with E-state index in [1.165, 1.54) is 0 Å². The summed E-state index contributed by atoms with van der Waals surface area (Å²) in [6, 6.07) is 1.94. The highest BCUT2D eigenvalue weighted by atomic mass is 15.5. The standard InChI is InChI=1S/C10H12N8/c1-7-2-10-12-4-8(6-18(10)15-7)3-11-5-9-13-16-17-14-9/h2,4,6,11H,3,5H2,1H3,(H,13,14,16,17). The lowest BCUT2D eigenvalue weighted by Gasteiger charge is -2.02. The van der Waals surface area contributed by atoms with Gasteiger partial charge in [0, 0.05) is 30.6 Å². The van der Waals surface area contributed by atoms with Crippen LogP contribution in [0, 0.1) is 6.92 Å². The topological polar surface area (TPSA) is 96.7 Å². The van der Waals surface area contributed by atoms with Gasteiger partial charge in [-0.1, -0.05) is 5.21 Å². The number of H-pyrrole nitrogens is 1. The van der Waals surface area contributed by atoms with E-state index in [1.54, 1.807) is 4.52 Å². The molecule has 0 saturated carbocycles. The van der Waals surface area contributed by atoms with Gasteiger partial charge in [0.05, 0.1) is 12.2 Å². The molecular weight excluding hydrogens is 232 g/mol. The summed E-state index contributed by atoms with van der Waals surface area (Å²) in [5.41, 5.74) is 2.86. The predicted octanol–water partition coefficient (Wildman–Crippen LogP) is -0.159. The lowest BCUT2D eigenvalue weighted by Crippen LogP contribution is -2.14. The van der Waals surface area contributed by atoms with E-state index in [-0.39, 0.29) is 0 Å². The summed E-state index contributed by atoms with van der Waals surface area (Å²) in [6.07, 6.45) is 3.79. The first-order valence-electron chi connectivity index (χ1n) is 5.55. The monoisotopic (exact) mass is 244 g/mol. The molecule has 0 amide bonds. The van der Waals surface area contributed by atoms with Gasteiger partial charge in [0.1, 0.15) is 0 Å². The van der Waals surface area contributed by atoms with Crippen LogP contribution in [0.3, 0.4) is 0 Å². The van der Waals surface area contributed by atoms with Crippen molar-refractivity contribution < 1.29 is 0 Å². The average Bonchev–Trinajstić information content (AvgIpc) is 2.96. The molecular formula is C10H12N8. The van der Waals surface area contributed by atoms with Crippen molar-refractivity contribution in [1.82, 2.24) is 40.5 Å². The Hall–Kier alpha value is -2.35. The molecule has 0 aliphatic rings. The summed E-state index contributed by atoms with van der Waals surface area (Å²) in [4.78, 5) is 4.33. The van der Waals surface area contributed by atoms with Crippen LogP contribution in [0.2, 0.25) is 0 Å². The van der Waals surface area contributed by atoms with Gasteiger partial charge in [-0.05, 0) is 6.92 Å². The van der Waals surface area contributed by atoms with Crippen molar-refractivity contribution in [3.05, 3.63) is 35.5 Å². The van der Waals surface area contributed by atoms with Gasteiger partial charge in [-0.2, -0.15) is 10.3 Å². The summed E-state index contributed by atoms with van der Waals surface area (Å²) in [6.45, 7) is 3.19. The van der Waals surface area contributed by atoms with Crippen LogP contribution in [0.1, 0.15) is 17.1 Å². The van der Waals surface area contributed by atoms with Crippen LogP contribution in [0.4, 0.5) is 0 Å². The predicted molar refractivity (Wildman–Crippen MR) is 62.4 cm³/mol. The normalized spacial score (nSPS) is 11.2. The first-order valence-corrected chi connectivity index (χ1v) is 5.55. The van der Waals surface area contributed by atoms with Crippen molar-refractivity contribution in [1.29, 1.82) is 0 Å². The Morgan fingerprint density at radius 3 is 3.17 bits per heavy atom. The van der Waals surface area contributed by atoms with E-state index >= 15 is 0 Å². The van der Waals surface area contributed by atoms with Gasteiger partial charge in [0.25, 0.3) is 0 Å². The summed E-state index contributed by atoms with van der Waals surface area (Å²) >= 11 is 0. The number of nitrogens with one attached hydrogen (secondary N) is 2. The fourth-order valence-electron chi connectivity index (χ4n) is 1.70. The molecule has 92 valence electrons. The summed E-state index contributed by atoms with van der Waals surface area (Å²) in [5.74, 6) is 0.638. The van der Waals surface area contributed by atoms with E-state index < -0.39 is 0 Å². The molecule has 0 fully saturated rings. The maximum absolute atomic E-state index is 4.33. The molecule has 0 aromatic carbocycles. The lowest BCUT2D eigenvalue weighted by atomic mass is 10.3. The van der Waals surface area contributed by atoms with E-state index in [0.29, 0.717) is 18.9 Å². The van der Waals surface area contributed by atoms with Gasteiger partial charge in [0.2, 0.25) is 0 Å². The molecule has 0 aliphatic heterocycles. The number of aromatic nitrogens is 7. The van der Waals surface area contributed by atoms with Gasteiger partial charge in [-0.25, -0.2) is 9.50 Å². The van der Waals surface area contributed by atoms with Crippen molar-refractivity contribution in [3.8, 4) is 0 Å². The van der Waals surface area contributed by atoms with Gasteiger partial charge in [-0.15, -0.1) is 10.2 Å².